The molecule has 1 aromatic rings. The molecule has 0 spiro atoms. The number of allylic oxidation sites excluding steroid dienone is 4. The zero-order valence-corrected chi connectivity index (χ0v) is 13.1. The summed E-state index contributed by atoms with van der Waals surface area (Å²) in [6, 6.07) is 0. The topological polar surface area (TPSA) is 47.0 Å². The molecule has 1 aromatic heterocycles. The van der Waals surface area contributed by atoms with Crippen LogP contribution in [0.15, 0.2) is 27.7 Å². The first kappa shape index (κ1) is 14.1. The predicted octanol–water partition coefficient (Wildman–Crippen LogP) is 3.12. The lowest BCUT2D eigenvalue weighted by molar-refractivity contribution is 0.0471. The van der Waals surface area contributed by atoms with E-state index in [2.05, 4.69) is 5.10 Å². The van der Waals surface area contributed by atoms with Crippen LogP contribution in [0.5, 0.6) is 0 Å². The minimum atomic E-state index is -1.94. The van der Waals surface area contributed by atoms with Gasteiger partial charge in [0.25, 0.3) is 5.56 Å². The smallest absolute Gasteiger partial charge is 0.273 e. The van der Waals surface area contributed by atoms with Crippen molar-refractivity contribution in [2.75, 3.05) is 0 Å². The molecular formula is C16H18ClFN2O2. The number of H-pyrrole nitrogens is 1. The Morgan fingerprint density at radius 3 is 3.00 bits per heavy atom. The van der Waals surface area contributed by atoms with Crippen LogP contribution in [-0.4, -0.2) is 15.9 Å². The normalized spacial score (nSPS) is 33.6. The summed E-state index contributed by atoms with van der Waals surface area (Å²) < 4.78 is 22.6. The molecule has 118 valence electrons. The summed E-state index contributed by atoms with van der Waals surface area (Å²) in [5.41, 5.74) is 1.35. The molecule has 0 bridgehead atoms. The van der Waals surface area contributed by atoms with Gasteiger partial charge in [-0.1, -0.05) is 11.6 Å². The number of halogens is 2. The lowest BCUT2D eigenvalue weighted by Gasteiger charge is -2.31. The molecule has 1 N–H and O–H groups in total. The number of hydrogen-bond acceptors (Lipinski definition) is 2. The molecule has 2 aliphatic carbocycles. The fourth-order valence-corrected chi connectivity index (χ4v) is 4.04. The molecule has 1 saturated heterocycles. The van der Waals surface area contributed by atoms with Gasteiger partial charge in [-0.3, -0.25) is 9.89 Å². The van der Waals surface area contributed by atoms with Crippen molar-refractivity contribution < 1.29 is 9.13 Å². The van der Waals surface area contributed by atoms with Crippen LogP contribution in [0, 0.1) is 5.92 Å². The molecule has 6 heteroatoms. The Hall–Kier alpha value is -1.49. The summed E-state index contributed by atoms with van der Waals surface area (Å²) in [5.74, 6) is -2.04. The van der Waals surface area contributed by atoms with Crippen LogP contribution in [0.2, 0.25) is 0 Å². The van der Waals surface area contributed by atoms with E-state index in [-0.39, 0.29) is 11.7 Å². The number of hydrogen-bond donors (Lipinski definition) is 1. The van der Waals surface area contributed by atoms with Crippen LogP contribution in [0.25, 0.3) is 0 Å². The molecule has 3 atom stereocenters. The summed E-state index contributed by atoms with van der Waals surface area (Å²) in [7, 11) is 0. The highest BCUT2D eigenvalue weighted by Crippen LogP contribution is 2.48. The zero-order chi connectivity index (χ0) is 15.5. The number of nitrogens with one attached hydrogen (secondary N) is 1. The van der Waals surface area contributed by atoms with Crippen LogP contribution in [0.4, 0.5) is 4.39 Å². The Labute approximate surface area is 132 Å². The van der Waals surface area contributed by atoms with E-state index in [0.717, 1.165) is 41.6 Å². The van der Waals surface area contributed by atoms with Crippen LogP contribution in [-0.2, 0) is 23.4 Å². The Bertz CT molecular complexity index is 748. The molecule has 22 heavy (non-hydrogen) atoms. The monoisotopic (exact) mass is 324 g/mol. The summed E-state index contributed by atoms with van der Waals surface area (Å²) in [4.78, 5) is 12.6. The van der Waals surface area contributed by atoms with Crippen molar-refractivity contribution in [2.45, 2.75) is 50.9 Å². The molecule has 2 heterocycles. The lowest BCUT2D eigenvalue weighted by Crippen LogP contribution is -2.43. The number of aryl methyl sites for hydroxylation is 1. The minimum Gasteiger partial charge on any atom is -0.493 e. The van der Waals surface area contributed by atoms with Gasteiger partial charge in [-0.05, 0) is 51.2 Å². The molecule has 4 nitrogen and oxygen atoms in total. The van der Waals surface area contributed by atoms with E-state index in [9.17, 15) is 4.79 Å². The number of fused-ring (bicyclic) bond motifs is 2. The first-order chi connectivity index (χ1) is 10.5. The maximum absolute atomic E-state index is 15.8. The second-order valence-electron chi connectivity index (χ2n) is 6.41. The molecule has 0 amide bonds. The van der Waals surface area contributed by atoms with E-state index in [1.165, 1.54) is 12.2 Å². The molecule has 0 aromatic carbocycles. The van der Waals surface area contributed by atoms with Gasteiger partial charge < -0.3 is 4.74 Å². The Morgan fingerprint density at radius 1 is 1.45 bits per heavy atom. The summed E-state index contributed by atoms with van der Waals surface area (Å²) in [6.07, 6.45) is 6.81. The average molecular weight is 325 g/mol. The molecule has 0 radical (unpaired) electrons. The minimum absolute atomic E-state index is 0.107. The second kappa shape index (κ2) is 4.75. The predicted molar refractivity (Wildman–Crippen MR) is 81.4 cm³/mol. The van der Waals surface area contributed by atoms with Gasteiger partial charge in [0.2, 0.25) is 5.79 Å². The molecule has 4 rings (SSSR count). The summed E-state index contributed by atoms with van der Waals surface area (Å²) >= 11 is 6.14. The quantitative estimate of drug-likeness (QED) is 0.862. The van der Waals surface area contributed by atoms with E-state index in [1.807, 2.05) is 6.92 Å². The standard InChI is InChI=1S/C16H18ClFN2O2/c1-9-8-11-14(22-9)12(17)6-7-16(11,18)20-15(21)10-4-2-3-5-13(10)19-20/h6-7,9,11,19H,2-5,8H2,1H3. The van der Waals surface area contributed by atoms with Crippen molar-refractivity contribution in [3.8, 4) is 0 Å². The molecule has 0 saturated carbocycles. The molecule has 3 unspecified atom stereocenters. The SMILES string of the molecule is CC1CC2C(=C(Cl)C=CC2(F)n2[nH]c3c(c2=O)CCCC3)O1. The third kappa shape index (κ3) is 1.84. The van der Waals surface area contributed by atoms with Gasteiger partial charge in [0.05, 0.1) is 17.1 Å². The number of rotatable bonds is 1. The highest BCUT2D eigenvalue weighted by molar-refractivity contribution is 6.31. The number of aromatic nitrogens is 2. The molecule has 1 aliphatic heterocycles. The number of ether oxygens (including phenoxy) is 1. The van der Waals surface area contributed by atoms with E-state index < -0.39 is 11.7 Å². The van der Waals surface area contributed by atoms with Crippen LogP contribution < -0.4 is 5.56 Å². The van der Waals surface area contributed by atoms with E-state index >= 15 is 4.39 Å². The lowest BCUT2D eigenvalue weighted by atomic mass is 9.88. The fraction of sp³-hybridized carbons (Fsp3) is 0.562. The van der Waals surface area contributed by atoms with Crippen LogP contribution in [0.1, 0.15) is 37.4 Å². The Morgan fingerprint density at radius 2 is 2.23 bits per heavy atom. The van der Waals surface area contributed by atoms with E-state index in [4.69, 9.17) is 16.3 Å². The van der Waals surface area contributed by atoms with Crippen molar-refractivity contribution in [3.63, 3.8) is 0 Å². The van der Waals surface area contributed by atoms with E-state index in [0.29, 0.717) is 17.2 Å². The first-order valence-electron chi connectivity index (χ1n) is 7.78. The van der Waals surface area contributed by atoms with Gasteiger partial charge in [-0.2, -0.15) is 0 Å². The third-order valence-electron chi connectivity index (χ3n) is 4.92. The van der Waals surface area contributed by atoms with Crippen molar-refractivity contribution in [1.82, 2.24) is 9.78 Å². The molecule has 1 fully saturated rings. The Balaban J connectivity index is 1.84. The van der Waals surface area contributed by atoms with Gasteiger partial charge >= 0.3 is 0 Å². The maximum Gasteiger partial charge on any atom is 0.273 e. The average Bonchev–Trinajstić information content (AvgIpc) is 3.06. The van der Waals surface area contributed by atoms with Crippen molar-refractivity contribution >= 4 is 11.6 Å². The summed E-state index contributed by atoms with van der Waals surface area (Å²) in [6.45, 7) is 1.89. The van der Waals surface area contributed by atoms with Gasteiger partial charge in [0.1, 0.15) is 5.76 Å². The molecular weight excluding hydrogens is 307 g/mol. The first-order valence-corrected chi connectivity index (χ1v) is 8.16. The number of nitrogens with zero attached hydrogens (tertiary/aromatic N) is 1. The van der Waals surface area contributed by atoms with Crippen molar-refractivity contribution in [2.24, 2.45) is 5.92 Å². The number of aromatic amines is 1. The zero-order valence-electron chi connectivity index (χ0n) is 12.4. The largest absolute Gasteiger partial charge is 0.493 e. The van der Waals surface area contributed by atoms with Gasteiger partial charge in [-0.25, -0.2) is 9.07 Å². The molecule has 3 aliphatic rings. The van der Waals surface area contributed by atoms with Crippen LogP contribution in [0.3, 0.4) is 0 Å². The fourth-order valence-electron chi connectivity index (χ4n) is 3.80. The van der Waals surface area contributed by atoms with Gasteiger partial charge in [-0.15, -0.1) is 0 Å². The highest BCUT2D eigenvalue weighted by atomic mass is 35.5. The van der Waals surface area contributed by atoms with Crippen molar-refractivity contribution in [3.05, 3.63) is 44.6 Å². The number of alkyl halides is 1. The third-order valence-corrected chi connectivity index (χ3v) is 5.23. The Kier molecular flexibility index (Phi) is 3.05. The van der Waals surface area contributed by atoms with Gasteiger partial charge in [0, 0.05) is 11.3 Å². The van der Waals surface area contributed by atoms with Crippen molar-refractivity contribution in [1.29, 1.82) is 0 Å². The highest BCUT2D eigenvalue weighted by Gasteiger charge is 2.51. The van der Waals surface area contributed by atoms with E-state index in [1.54, 1.807) is 0 Å². The maximum atomic E-state index is 15.8. The summed E-state index contributed by atoms with van der Waals surface area (Å²) in [5, 5.41) is 3.43. The van der Waals surface area contributed by atoms with Crippen LogP contribution >= 0.6 is 11.6 Å². The second-order valence-corrected chi connectivity index (χ2v) is 6.81. The van der Waals surface area contributed by atoms with Gasteiger partial charge in [0.15, 0.2) is 0 Å².